The molecule has 1 saturated heterocycles. The van der Waals surface area contributed by atoms with Crippen molar-refractivity contribution < 1.29 is 4.79 Å². The van der Waals surface area contributed by atoms with E-state index in [0.29, 0.717) is 11.8 Å². The summed E-state index contributed by atoms with van der Waals surface area (Å²) in [4.78, 5) is 16.8. The molecule has 0 radical (unpaired) electrons. The Bertz CT molecular complexity index is 565. The number of amides is 1. The topological polar surface area (TPSA) is 23.6 Å². The first-order chi connectivity index (χ1) is 11.1. The van der Waals surface area contributed by atoms with E-state index >= 15 is 0 Å². The Morgan fingerprint density at radius 2 is 1.96 bits per heavy atom. The summed E-state index contributed by atoms with van der Waals surface area (Å²) in [6, 6.07) is 8.71. The van der Waals surface area contributed by atoms with Gasteiger partial charge in [0, 0.05) is 39.1 Å². The second-order valence-corrected chi connectivity index (χ2v) is 7.21. The molecule has 23 heavy (non-hydrogen) atoms. The lowest BCUT2D eigenvalue weighted by molar-refractivity contribution is -0.133. The zero-order valence-electron chi connectivity index (χ0n) is 14.3. The summed E-state index contributed by atoms with van der Waals surface area (Å²) in [5.74, 6) is 1.06. The monoisotopic (exact) mass is 312 g/mol. The lowest BCUT2D eigenvalue weighted by Crippen LogP contribution is -2.48. The van der Waals surface area contributed by atoms with E-state index in [0.717, 1.165) is 58.4 Å². The van der Waals surface area contributed by atoms with Crippen LogP contribution < -0.4 is 0 Å². The molecule has 0 N–H and O–H groups in total. The van der Waals surface area contributed by atoms with Crippen LogP contribution in [0.4, 0.5) is 0 Å². The van der Waals surface area contributed by atoms with Crippen LogP contribution in [0.5, 0.6) is 0 Å². The van der Waals surface area contributed by atoms with Gasteiger partial charge < -0.3 is 4.90 Å². The molecule has 124 valence electrons. The van der Waals surface area contributed by atoms with Gasteiger partial charge in [0.05, 0.1) is 0 Å². The molecular weight excluding hydrogens is 284 g/mol. The number of allylic oxidation sites excluding steroid dienone is 1. The minimum absolute atomic E-state index is 0.345. The molecule has 1 amide bonds. The van der Waals surface area contributed by atoms with Crippen molar-refractivity contribution in [3.8, 4) is 0 Å². The largest absolute Gasteiger partial charge is 0.340 e. The highest BCUT2D eigenvalue weighted by Gasteiger charge is 2.25. The molecule has 1 aliphatic heterocycles. The molecule has 1 saturated carbocycles. The lowest BCUT2D eigenvalue weighted by atomic mass is 9.78. The number of hydrogen-bond donors (Lipinski definition) is 0. The van der Waals surface area contributed by atoms with Gasteiger partial charge in [-0.25, -0.2) is 0 Å². The number of carbonyl (C=O) groups excluding carboxylic acids is 1. The van der Waals surface area contributed by atoms with Crippen molar-refractivity contribution in [2.75, 3.05) is 26.2 Å². The second kappa shape index (κ2) is 7.31. The molecule has 0 unspecified atom stereocenters. The Labute approximate surface area is 140 Å². The highest BCUT2D eigenvalue weighted by atomic mass is 16.2. The standard InChI is InChI=1S/C20H28N2O/c1-16-4-3-5-19(12-16)15-21-8-10-22(11-9-21)20(23)7-6-18-13-17(2)14-18/h3-5,12,18H,2,6-11,13-15H2,1H3. The third kappa shape index (κ3) is 4.44. The molecule has 0 aromatic heterocycles. The van der Waals surface area contributed by atoms with E-state index in [1.807, 2.05) is 0 Å². The molecule has 0 spiro atoms. The van der Waals surface area contributed by atoms with E-state index in [1.54, 1.807) is 0 Å². The molecule has 3 nitrogen and oxygen atoms in total. The fourth-order valence-electron chi connectivity index (χ4n) is 3.67. The second-order valence-electron chi connectivity index (χ2n) is 7.21. The van der Waals surface area contributed by atoms with Crippen LogP contribution in [0.15, 0.2) is 36.4 Å². The molecule has 2 aliphatic rings. The van der Waals surface area contributed by atoms with E-state index in [9.17, 15) is 4.79 Å². The number of piperazine rings is 1. The van der Waals surface area contributed by atoms with E-state index in [-0.39, 0.29) is 0 Å². The van der Waals surface area contributed by atoms with Crippen LogP contribution in [0.1, 0.15) is 36.8 Å². The normalized spacial score (nSPS) is 19.7. The van der Waals surface area contributed by atoms with Crippen molar-refractivity contribution in [2.24, 2.45) is 5.92 Å². The predicted octanol–water partition coefficient (Wildman–Crippen LogP) is 3.39. The SMILES string of the molecule is C=C1CC(CCC(=O)N2CCN(Cc3cccc(C)c3)CC2)C1. The van der Waals surface area contributed by atoms with Crippen LogP contribution in [0, 0.1) is 12.8 Å². The highest BCUT2D eigenvalue weighted by Crippen LogP contribution is 2.34. The van der Waals surface area contributed by atoms with Crippen LogP contribution in [0.3, 0.4) is 0 Å². The first-order valence-corrected chi connectivity index (χ1v) is 8.82. The fourth-order valence-corrected chi connectivity index (χ4v) is 3.67. The summed E-state index contributed by atoms with van der Waals surface area (Å²) in [5.41, 5.74) is 4.04. The van der Waals surface area contributed by atoms with Gasteiger partial charge in [0.15, 0.2) is 0 Å². The third-order valence-corrected chi connectivity index (χ3v) is 5.13. The van der Waals surface area contributed by atoms with Crippen LogP contribution in [-0.2, 0) is 11.3 Å². The number of rotatable bonds is 5. The third-order valence-electron chi connectivity index (χ3n) is 5.13. The first kappa shape index (κ1) is 16.3. The molecule has 0 atom stereocenters. The van der Waals surface area contributed by atoms with Gasteiger partial charge in [0.1, 0.15) is 0 Å². The highest BCUT2D eigenvalue weighted by molar-refractivity contribution is 5.76. The van der Waals surface area contributed by atoms with Gasteiger partial charge in [-0.15, -0.1) is 0 Å². The van der Waals surface area contributed by atoms with Crippen molar-refractivity contribution in [3.05, 3.63) is 47.5 Å². The maximum Gasteiger partial charge on any atom is 0.222 e. The Balaban J connectivity index is 1.39. The molecule has 1 aromatic carbocycles. The summed E-state index contributed by atoms with van der Waals surface area (Å²) in [6.07, 6.45) is 4.03. The average molecular weight is 312 g/mol. The molecular formula is C20H28N2O. The van der Waals surface area contributed by atoms with Crippen LogP contribution >= 0.6 is 0 Å². The zero-order chi connectivity index (χ0) is 16.2. The minimum atomic E-state index is 0.345. The van der Waals surface area contributed by atoms with Crippen molar-refractivity contribution in [2.45, 2.75) is 39.2 Å². The van der Waals surface area contributed by atoms with Crippen LogP contribution in [0.2, 0.25) is 0 Å². The summed E-state index contributed by atoms with van der Waals surface area (Å²) in [6.45, 7) is 10.8. The quantitative estimate of drug-likeness (QED) is 0.778. The van der Waals surface area contributed by atoms with Crippen molar-refractivity contribution in [3.63, 3.8) is 0 Å². The van der Waals surface area contributed by atoms with Crippen molar-refractivity contribution in [1.82, 2.24) is 9.80 Å². The smallest absolute Gasteiger partial charge is 0.222 e. The van der Waals surface area contributed by atoms with Gasteiger partial charge in [-0.3, -0.25) is 9.69 Å². The Morgan fingerprint density at radius 3 is 2.61 bits per heavy atom. The van der Waals surface area contributed by atoms with Crippen molar-refractivity contribution >= 4 is 5.91 Å². The predicted molar refractivity (Wildman–Crippen MR) is 94.1 cm³/mol. The molecule has 1 aliphatic carbocycles. The molecule has 3 heteroatoms. The lowest BCUT2D eigenvalue weighted by Gasteiger charge is -2.35. The van der Waals surface area contributed by atoms with Gasteiger partial charge in [0.25, 0.3) is 0 Å². The van der Waals surface area contributed by atoms with Gasteiger partial charge in [-0.05, 0) is 37.7 Å². The van der Waals surface area contributed by atoms with Crippen LogP contribution in [0.25, 0.3) is 0 Å². The Morgan fingerprint density at radius 1 is 1.22 bits per heavy atom. The molecule has 0 bridgehead atoms. The van der Waals surface area contributed by atoms with Gasteiger partial charge >= 0.3 is 0 Å². The fraction of sp³-hybridized carbons (Fsp3) is 0.550. The number of aryl methyl sites for hydroxylation is 1. The van der Waals surface area contributed by atoms with Crippen LogP contribution in [-0.4, -0.2) is 41.9 Å². The average Bonchev–Trinajstić information content (AvgIpc) is 2.51. The van der Waals surface area contributed by atoms with Gasteiger partial charge in [-0.2, -0.15) is 0 Å². The summed E-state index contributed by atoms with van der Waals surface area (Å²) >= 11 is 0. The Kier molecular flexibility index (Phi) is 5.16. The number of hydrogen-bond acceptors (Lipinski definition) is 2. The zero-order valence-corrected chi connectivity index (χ0v) is 14.3. The van der Waals surface area contributed by atoms with Crippen molar-refractivity contribution in [1.29, 1.82) is 0 Å². The van der Waals surface area contributed by atoms with Gasteiger partial charge in [0.2, 0.25) is 5.91 Å². The summed E-state index contributed by atoms with van der Waals surface area (Å²) in [5, 5.41) is 0. The van der Waals surface area contributed by atoms with E-state index in [4.69, 9.17) is 0 Å². The van der Waals surface area contributed by atoms with E-state index in [2.05, 4.69) is 47.6 Å². The summed E-state index contributed by atoms with van der Waals surface area (Å²) < 4.78 is 0. The van der Waals surface area contributed by atoms with E-state index < -0.39 is 0 Å². The number of carbonyl (C=O) groups is 1. The van der Waals surface area contributed by atoms with Gasteiger partial charge in [-0.1, -0.05) is 42.0 Å². The molecule has 1 aromatic rings. The number of nitrogens with zero attached hydrogens (tertiary/aromatic N) is 2. The molecule has 2 fully saturated rings. The van der Waals surface area contributed by atoms with E-state index in [1.165, 1.54) is 16.7 Å². The maximum atomic E-state index is 12.3. The summed E-state index contributed by atoms with van der Waals surface area (Å²) in [7, 11) is 0. The minimum Gasteiger partial charge on any atom is -0.340 e. The number of benzene rings is 1. The molecule has 3 rings (SSSR count). The molecule has 1 heterocycles. The Hall–Kier alpha value is -1.61. The first-order valence-electron chi connectivity index (χ1n) is 8.82. The maximum absolute atomic E-state index is 12.3.